The third kappa shape index (κ3) is 4.80. The average Bonchev–Trinajstić information content (AvgIpc) is 3.56. The minimum Gasteiger partial charge on any atom is -0.493 e. The lowest BCUT2D eigenvalue weighted by molar-refractivity contribution is 0.356. The van der Waals surface area contributed by atoms with Crippen LogP contribution in [-0.2, 0) is 24.0 Å². The van der Waals surface area contributed by atoms with Crippen LogP contribution in [0.15, 0.2) is 53.7 Å². The van der Waals surface area contributed by atoms with E-state index in [2.05, 4.69) is 21.4 Å². The first-order valence-electron chi connectivity index (χ1n) is 11.6. The molecule has 4 aromatic rings. The van der Waals surface area contributed by atoms with Gasteiger partial charge in [-0.15, -0.1) is 0 Å². The fourth-order valence-corrected chi connectivity index (χ4v) is 4.79. The molecular formula is C26H27FN6O2S. The predicted octanol–water partition coefficient (Wildman–Crippen LogP) is 4.56. The van der Waals surface area contributed by atoms with Crippen LogP contribution in [0, 0.1) is 17.1 Å². The van der Waals surface area contributed by atoms with Gasteiger partial charge in [0.05, 0.1) is 17.7 Å². The second kappa shape index (κ2) is 10.8. The van der Waals surface area contributed by atoms with Gasteiger partial charge in [0.2, 0.25) is 5.95 Å². The standard InChI is InChI=1S/C24H21FN6O2S.C2H6/c1-30(2)34(32)17-5-3-15(4-6-17)19-12-27-24(31-14-16(11-26)29-23(19)31)28-13-20-18-9-10-33-22(18)8-7-21(20)25;1-2/h3-8,12,14H,9-10,13H2,1-2H3,(H,27,28);1-2H3. The second-order valence-corrected chi connectivity index (χ2v) is 9.67. The lowest BCUT2D eigenvalue weighted by atomic mass is 10.0. The molecule has 0 amide bonds. The first-order valence-corrected chi connectivity index (χ1v) is 12.7. The Balaban J connectivity index is 0.00000148. The summed E-state index contributed by atoms with van der Waals surface area (Å²) in [5.41, 5.74) is 3.72. The van der Waals surface area contributed by atoms with Crippen molar-refractivity contribution >= 4 is 22.6 Å². The van der Waals surface area contributed by atoms with Gasteiger partial charge in [-0.25, -0.2) is 22.9 Å². The zero-order valence-corrected chi connectivity index (χ0v) is 21.4. The minimum absolute atomic E-state index is 0.213. The molecule has 0 spiro atoms. The Morgan fingerprint density at radius 1 is 1.22 bits per heavy atom. The normalized spacial score (nSPS) is 12.9. The van der Waals surface area contributed by atoms with Crippen molar-refractivity contribution in [2.45, 2.75) is 31.7 Å². The quantitative estimate of drug-likeness (QED) is 0.412. The molecule has 0 saturated heterocycles. The Morgan fingerprint density at radius 3 is 2.67 bits per heavy atom. The number of imidazole rings is 1. The van der Waals surface area contributed by atoms with Crippen molar-refractivity contribution in [3.05, 3.63) is 71.4 Å². The Morgan fingerprint density at radius 2 is 1.97 bits per heavy atom. The van der Waals surface area contributed by atoms with Crippen LogP contribution in [0.1, 0.15) is 30.7 Å². The smallest absolute Gasteiger partial charge is 0.208 e. The van der Waals surface area contributed by atoms with E-state index >= 15 is 0 Å². The van der Waals surface area contributed by atoms with Crippen LogP contribution in [-0.4, -0.2) is 43.6 Å². The van der Waals surface area contributed by atoms with Gasteiger partial charge in [0.25, 0.3) is 0 Å². The van der Waals surface area contributed by atoms with Crippen molar-refractivity contribution in [2.75, 3.05) is 26.0 Å². The van der Waals surface area contributed by atoms with Gasteiger partial charge >= 0.3 is 0 Å². The molecule has 3 heterocycles. The van der Waals surface area contributed by atoms with Gasteiger partial charge in [-0.1, -0.05) is 26.0 Å². The van der Waals surface area contributed by atoms with Crippen molar-refractivity contribution in [2.24, 2.45) is 0 Å². The monoisotopic (exact) mass is 506 g/mol. The molecule has 36 heavy (non-hydrogen) atoms. The molecule has 5 rings (SSSR count). The molecule has 8 nitrogen and oxygen atoms in total. The second-order valence-electron chi connectivity index (χ2n) is 7.97. The van der Waals surface area contributed by atoms with Crippen LogP contribution in [0.3, 0.4) is 0 Å². The summed E-state index contributed by atoms with van der Waals surface area (Å²) in [5.74, 6) is 0.844. The number of nitrogens with one attached hydrogen (secondary N) is 1. The molecule has 1 unspecified atom stereocenters. The Labute approximate surface area is 212 Å². The Bertz CT molecular complexity index is 1460. The average molecular weight is 507 g/mol. The van der Waals surface area contributed by atoms with E-state index in [0.717, 1.165) is 16.7 Å². The zero-order chi connectivity index (χ0) is 25.8. The van der Waals surface area contributed by atoms with Gasteiger partial charge in [-0.05, 0) is 43.9 Å². The van der Waals surface area contributed by atoms with Crippen molar-refractivity contribution in [1.82, 2.24) is 18.7 Å². The number of rotatable bonds is 6. The van der Waals surface area contributed by atoms with E-state index in [1.54, 1.807) is 53.4 Å². The molecule has 1 N–H and O–H groups in total. The van der Waals surface area contributed by atoms with Crippen LogP contribution in [0.25, 0.3) is 16.8 Å². The van der Waals surface area contributed by atoms with E-state index in [1.165, 1.54) is 6.07 Å². The summed E-state index contributed by atoms with van der Waals surface area (Å²) in [6.07, 6.45) is 3.92. The van der Waals surface area contributed by atoms with Crippen molar-refractivity contribution in [1.29, 1.82) is 5.26 Å². The first-order chi connectivity index (χ1) is 17.5. The van der Waals surface area contributed by atoms with Gasteiger partial charge in [0, 0.05) is 35.9 Å². The molecule has 0 fully saturated rings. The summed E-state index contributed by atoms with van der Waals surface area (Å²) in [6, 6.07) is 12.4. The number of anilines is 1. The van der Waals surface area contributed by atoms with E-state index < -0.39 is 11.0 Å². The summed E-state index contributed by atoms with van der Waals surface area (Å²) in [6.45, 7) is 4.75. The maximum Gasteiger partial charge on any atom is 0.208 e. The molecule has 1 aliphatic heterocycles. The molecular weight excluding hydrogens is 479 g/mol. The van der Waals surface area contributed by atoms with Gasteiger partial charge in [0.1, 0.15) is 28.6 Å². The molecule has 2 aromatic carbocycles. The summed E-state index contributed by atoms with van der Waals surface area (Å²) in [4.78, 5) is 9.66. The summed E-state index contributed by atoms with van der Waals surface area (Å²) in [5, 5.41) is 12.6. The van der Waals surface area contributed by atoms with E-state index in [0.29, 0.717) is 40.8 Å². The first kappa shape index (κ1) is 25.3. The zero-order valence-electron chi connectivity index (χ0n) is 20.6. The molecule has 0 radical (unpaired) electrons. The molecule has 10 heteroatoms. The Kier molecular flexibility index (Phi) is 7.62. The number of benzene rings is 2. The number of hydrogen-bond acceptors (Lipinski definition) is 6. The summed E-state index contributed by atoms with van der Waals surface area (Å²) >= 11 is 0. The number of nitriles is 1. The summed E-state index contributed by atoms with van der Waals surface area (Å²) in [7, 11) is 2.25. The van der Waals surface area contributed by atoms with Crippen LogP contribution < -0.4 is 10.1 Å². The molecule has 0 bridgehead atoms. The minimum atomic E-state index is -1.25. The number of ether oxygens (including phenoxy) is 1. The highest BCUT2D eigenvalue weighted by Crippen LogP contribution is 2.31. The third-order valence-electron chi connectivity index (χ3n) is 5.67. The van der Waals surface area contributed by atoms with Gasteiger partial charge < -0.3 is 10.1 Å². The maximum atomic E-state index is 14.5. The molecule has 2 aromatic heterocycles. The van der Waals surface area contributed by atoms with Gasteiger partial charge in [-0.2, -0.15) is 5.26 Å². The number of halogens is 1. The lowest BCUT2D eigenvalue weighted by Crippen LogP contribution is -2.15. The largest absolute Gasteiger partial charge is 0.493 e. The molecule has 1 atom stereocenters. The number of nitrogens with zero attached hydrogens (tertiary/aromatic N) is 5. The highest BCUT2D eigenvalue weighted by Gasteiger charge is 2.20. The third-order valence-corrected chi connectivity index (χ3v) is 7.01. The maximum absolute atomic E-state index is 14.5. The fraction of sp³-hybridized carbons (Fsp3) is 0.269. The number of fused-ring (bicyclic) bond motifs is 2. The topological polar surface area (TPSA) is 95.5 Å². The predicted molar refractivity (Wildman–Crippen MR) is 138 cm³/mol. The van der Waals surface area contributed by atoms with Crippen LogP contribution in [0.4, 0.5) is 10.3 Å². The molecule has 186 valence electrons. The van der Waals surface area contributed by atoms with E-state index in [1.807, 2.05) is 26.0 Å². The van der Waals surface area contributed by atoms with Crippen molar-refractivity contribution < 1.29 is 13.3 Å². The van der Waals surface area contributed by atoms with Crippen LogP contribution in [0.2, 0.25) is 0 Å². The molecule has 0 saturated carbocycles. The number of hydrogen-bond donors (Lipinski definition) is 1. The van der Waals surface area contributed by atoms with Crippen LogP contribution in [0.5, 0.6) is 5.75 Å². The van der Waals surface area contributed by atoms with Crippen molar-refractivity contribution in [3.8, 4) is 22.9 Å². The van der Waals surface area contributed by atoms with E-state index in [4.69, 9.17) is 4.74 Å². The fourth-order valence-electron chi connectivity index (χ4n) is 4.00. The summed E-state index contributed by atoms with van der Waals surface area (Å²) < 4.78 is 35.7. The highest BCUT2D eigenvalue weighted by atomic mass is 32.2. The van der Waals surface area contributed by atoms with Crippen LogP contribution >= 0.6 is 0 Å². The van der Waals surface area contributed by atoms with E-state index in [-0.39, 0.29) is 18.1 Å². The molecule has 1 aliphatic rings. The number of aromatic nitrogens is 3. The highest BCUT2D eigenvalue weighted by molar-refractivity contribution is 7.82. The van der Waals surface area contributed by atoms with Crippen molar-refractivity contribution in [3.63, 3.8) is 0 Å². The Hall–Kier alpha value is -3.81. The SMILES string of the molecule is CC.CN(C)S(=O)c1ccc(-c2cnc(NCc3c(F)ccc4c3CCO4)n3cc(C#N)nc23)cc1. The van der Waals surface area contributed by atoms with E-state index in [9.17, 15) is 13.9 Å². The molecule has 0 aliphatic carbocycles. The van der Waals surface area contributed by atoms with Gasteiger partial charge in [-0.3, -0.25) is 4.40 Å². The van der Waals surface area contributed by atoms with Gasteiger partial charge in [0.15, 0.2) is 11.3 Å². The lowest BCUT2D eigenvalue weighted by Gasteiger charge is -2.13.